The van der Waals surface area contributed by atoms with Gasteiger partial charge in [-0.1, -0.05) is 12.1 Å². The molecule has 0 saturated heterocycles. The Morgan fingerprint density at radius 2 is 2.06 bits per heavy atom. The minimum atomic E-state index is -0.261. The Kier molecular flexibility index (Phi) is 3.97. The summed E-state index contributed by atoms with van der Waals surface area (Å²) in [6.07, 6.45) is 2.70. The number of carbonyl (C=O) groups is 1. The third kappa shape index (κ3) is 3.53. The van der Waals surface area contributed by atoms with Crippen LogP contribution in [0.4, 0.5) is 4.39 Å². The lowest BCUT2D eigenvalue weighted by molar-refractivity contribution is -0.130. The molecule has 1 atom stereocenters. The van der Waals surface area contributed by atoms with Gasteiger partial charge in [-0.3, -0.25) is 4.79 Å². The van der Waals surface area contributed by atoms with Gasteiger partial charge in [0.15, 0.2) is 0 Å². The van der Waals surface area contributed by atoms with E-state index in [2.05, 4.69) is 0 Å². The van der Waals surface area contributed by atoms with Crippen LogP contribution in [0.2, 0.25) is 0 Å². The molecule has 1 saturated carbocycles. The molecule has 4 heteroatoms. The third-order valence-electron chi connectivity index (χ3n) is 3.40. The molecule has 2 rings (SSSR count). The third-order valence-corrected chi connectivity index (χ3v) is 3.40. The molecular weight excluding hydrogens is 231 g/mol. The van der Waals surface area contributed by atoms with Crippen molar-refractivity contribution in [3.05, 3.63) is 35.6 Å². The monoisotopic (exact) mass is 250 g/mol. The molecule has 1 fully saturated rings. The fraction of sp³-hybridized carbons (Fsp3) is 0.500. The maximum atomic E-state index is 12.8. The topological polar surface area (TPSA) is 46.3 Å². The zero-order valence-corrected chi connectivity index (χ0v) is 10.6. The summed E-state index contributed by atoms with van der Waals surface area (Å²) in [6.45, 7) is 0.497. The van der Waals surface area contributed by atoms with Crippen LogP contribution in [0.25, 0.3) is 0 Å². The Balaban J connectivity index is 1.84. The number of carbonyl (C=O) groups excluding carboxylic acids is 1. The highest BCUT2D eigenvalue weighted by Crippen LogP contribution is 2.32. The number of nitrogens with zero attached hydrogens (tertiary/aromatic N) is 1. The molecule has 1 aliphatic carbocycles. The summed E-state index contributed by atoms with van der Waals surface area (Å²) in [5, 5.41) is 0. The van der Waals surface area contributed by atoms with E-state index in [0.717, 1.165) is 18.4 Å². The molecule has 2 N–H and O–H groups in total. The molecule has 98 valence electrons. The summed E-state index contributed by atoms with van der Waals surface area (Å²) in [6, 6.07) is 6.20. The van der Waals surface area contributed by atoms with Gasteiger partial charge in [0.05, 0.1) is 0 Å². The number of hydrogen-bond acceptors (Lipinski definition) is 2. The summed E-state index contributed by atoms with van der Waals surface area (Å²) in [7, 11) is 1.76. The van der Waals surface area contributed by atoms with Crippen molar-refractivity contribution in [3.8, 4) is 0 Å². The highest BCUT2D eigenvalue weighted by Gasteiger charge is 2.30. The van der Waals surface area contributed by atoms with Crippen LogP contribution < -0.4 is 5.73 Å². The maximum absolute atomic E-state index is 12.8. The average molecular weight is 250 g/mol. The van der Waals surface area contributed by atoms with Gasteiger partial charge in [-0.15, -0.1) is 0 Å². The molecule has 0 aromatic heterocycles. The molecule has 0 spiro atoms. The zero-order chi connectivity index (χ0) is 13.1. The fourth-order valence-electron chi connectivity index (χ4n) is 2.00. The van der Waals surface area contributed by atoms with E-state index >= 15 is 0 Å². The van der Waals surface area contributed by atoms with Crippen molar-refractivity contribution in [2.45, 2.75) is 31.8 Å². The molecule has 1 aromatic carbocycles. The summed E-state index contributed by atoms with van der Waals surface area (Å²) in [5.41, 5.74) is 6.86. The molecule has 1 amide bonds. The van der Waals surface area contributed by atoms with Crippen LogP contribution in [0.5, 0.6) is 0 Å². The largest absolute Gasteiger partial charge is 0.341 e. The lowest BCUT2D eigenvalue weighted by Crippen LogP contribution is -2.34. The first-order valence-electron chi connectivity index (χ1n) is 6.30. The van der Waals surface area contributed by atoms with E-state index in [1.54, 1.807) is 24.1 Å². The van der Waals surface area contributed by atoms with Crippen molar-refractivity contribution in [2.75, 3.05) is 7.05 Å². The van der Waals surface area contributed by atoms with Gasteiger partial charge in [0.25, 0.3) is 0 Å². The number of nitrogens with two attached hydrogens (primary N) is 1. The normalized spacial score (nSPS) is 16.4. The average Bonchev–Trinajstić information content (AvgIpc) is 3.16. The number of halogens is 1. The van der Waals surface area contributed by atoms with Crippen molar-refractivity contribution < 1.29 is 9.18 Å². The zero-order valence-electron chi connectivity index (χ0n) is 10.6. The van der Waals surface area contributed by atoms with Crippen LogP contribution in [-0.2, 0) is 11.3 Å². The quantitative estimate of drug-likeness (QED) is 0.867. The second-order valence-electron chi connectivity index (χ2n) is 5.08. The number of rotatable bonds is 5. The number of amides is 1. The smallest absolute Gasteiger partial charge is 0.224 e. The van der Waals surface area contributed by atoms with Crippen LogP contribution in [0.15, 0.2) is 24.3 Å². The molecule has 1 aromatic rings. The summed E-state index contributed by atoms with van der Waals surface area (Å²) >= 11 is 0. The first kappa shape index (κ1) is 13.0. The Labute approximate surface area is 107 Å². The maximum Gasteiger partial charge on any atom is 0.224 e. The second kappa shape index (κ2) is 5.48. The van der Waals surface area contributed by atoms with Gasteiger partial charge in [0, 0.05) is 26.1 Å². The summed E-state index contributed by atoms with van der Waals surface area (Å²) in [4.78, 5) is 13.6. The van der Waals surface area contributed by atoms with E-state index in [4.69, 9.17) is 5.73 Å². The van der Waals surface area contributed by atoms with Crippen LogP contribution in [0, 0.1) is 11.7 Å². The number of hydrogen-bond donors (Lipinski definition) is 1. The number of benzene rings is 1. The molecule has 0 heterocycles. The van der Waals surface area contributed by atoms with Gasteiger partial charge in [0.2, 0.25) is 5.91 Å². The first-order chi connectivity index (χ1) is 8.56. The van der Waals surface area contributed by atoms with Crippen molar-refractivity contribution in [2.24, 2.45) is 11.7 Å². The van der Waals surface area contributed by atoms with E-state index in [0.29, 0.717) is 18.9 Å². The highest BCUT2D eigenvalue weighted by atomic mass is 19.1. The second-order valence-corrected chi connectivity index (χ2v) is 5.08. The lowest BCUT2D eigenvalue weighted by atomic mass is 10.1. The Morgan fingerprint density at radius 3 is 2.61 bits per heavy atom. The molecule has 0 radical (unpaired) electrons. The van der Waals surface area contributed by atoms with Gasteiger partial charge in [0.1, 0.15) is 5.82 Å². The minimum Gasteiger partial charge on any atom is -0.341 e. The molecule has 18 heavy (non-hydrogen) atoms. The molecule has 0 bridgehead atoms. The molecular formula is C14H19FN2O. The van der Waals surface area contributed by atoms with E-state index in [1.165, 1.54) is 12.1 Å². The summed E-state index contributed by atoms with van der Waals surface area (Å²) in [5.74, 6) is 0.329. The van der Waals surface area contributed by atoms with Crippen molar-refractivity contribution in [1.82, 2.24) is 4.90 Å². The first-order valence-corrected chi connectivity index (χ1v) is 6.30. The van der Waals surface area contributed by atoms with Gasteiger partial charge in [-0.25, -0.2) is 4.39 Å². The Bertz CT molecular complexity index is 414. The van der Waals surface area contributed by atoms with Crippen molar-refractivity contribution in [1.29, 1.82) is 0 Å². The predicted molar refractivity (Wildman–Crippen MR) is 68.2 cm³/mol. The van der Waals surface area contributed by atoms with Gasteiger partial charge in [-0.2, -0.15) is 0 Å². The molecule has 1 aliphatic rings. The predicted octanol–water partition coefficient (Wildman–Crippen LogP) is 1.91. The van der Waals surface area contributed by atoms with Crippen LogP contribution in [0.1, 0.15) is 24.8 Å². The van der Waals surface area contributed by atoms with E-state index in [-0.39, 0.29) is 17.8 Å². The lowest BCUT2D eigenvalue weighted by Gasteiger charge is -2.19. The summed E-state index contributed by atoms with van der Waals surface area (Å²) < 4.78 is 12.8. The highest BCUT2D eigenvalue weighted by molar-refractivity contribution is 5.76. The van der Waals surface area contributed by atoms with E-state index < -0.39 is 0 Å². The van der Waals surface area contributed by atoms with Crippen molar-refractivity contribution in [3.63, 3.8) is 0 Å². The van der Waals surface area contributed by atoms with E-state index in [1.807, 2.05) is 0 Å². The van der Waals surface area contributed by atoms with Gasteiger partial charge < -0.3 is 10.6 Å². The fourth-order valence-corrected chi connectivity index (χ4v) is 2.00. The van der Waals surface area contributed by atoms with Crippen LogP contribution in [0.3, 0.4) is 0 Å². The minimum absolute atomic E-state index is 0.00633. The van der Waals surface area contributed by atoms with Crippen LogP contribution in [-0.4, -0.2) is 23.9 Å². The van der Waals surface area contributed by atoms with Gasteiger partial charge >= 0.3 is 0 Å². The Morgan fingerprint density at radius 1 is 1.44 bits per heavy atom. The van der Waals surface area contributed by atoms with Crippen LogP contribution >= 0.6 is 0 Å². The van der Waals surface area contributed by atoms with Crippen molar-refractivity contribution >= 4 is 5.91 Å². The van der Waals surface area contributed by atoms with E-state index in [9.17, 15) is 9.18 Å². The standard InChI is InChI=1S/C14H19FN2O/c1-17(9-10-2-6-12(15)7-3-10)14(18)8-13(16)11-4-5-11/h2-3,6-7,11,13H,4-5,8-9,16H2,1H3. The molecule has 1 unspecified atom stereocenters. The molecule has 3 nitrogen and oxygen atoms in total. The van der Waals surface area contributed by atoms with Gasteiger partial charge in [-0.05, 0) is 36.5 Å². The Hall–Kier alpha value is -1.42. The molecule has 0 aliphatic heterocycles. The SMILES string of the molecule is CN(Cc1ccc(F)cc1)C(=O)CC(N)C1CC1.